The Morgan fingerprint density at radius 1 is 1.29 bits per heavy atom. The summed E-state index contributed by atoms with van der Waals surface area (Å²) in [5, 5.41) is 10.8. The molecule has 24 heavy (non-hydrogen) atoms. The van der Waals surface area contributed by atoms with Gasteiger partial charge in [0.15, 0.2) is 0 Å². The van der Waals surface area contributed by atoms with E-state index in [4.69, 9.17) is 11.6 Å². The zero-order valence-corrected chi connectivity index (χ0v) is 15.5. The number of nitrogens with one attached hydrogen (secondary N) is 2. The van der Waals surface area contributed by atoms with Gasteiger partial charge in [0.1, 0.15) is 5.82 Å². The minimum atomic E-state index is -0.260. The van der Waals surface area contributed by atoms with Gasteiger partial charge in [-0.15, -0.1) is 17.5 Å². The highest BCUT2D eigenvalue weighted by atomic mass is 35.5. The monoisotopic (exact) mass is 371 g/mol. The minimum Gasteiger partial charge on any atom is -0.349 e. The van der Waals surface area contributed by atoms with Crippen LogP contribution in [0.5, 0.6) is 0 Å². The lowest BCUT2D eigenvalue weighted by Gasteiger charge is -2.06. The van der Waals surface area contributed by atoms with E-state index in [1.807, 2.05) is 25.2 Å². The number of aryl methyl sites for hydroxylation is 1. The van der Waals surface area contributed by atoms with Gasteiger partial charge in [-0.25, -0.2) is 9.67 Å². The number of carbonyl (C=O) groups is 1. The van der Waals surface area contributed by atoms with Crippen LogP contribution in [-0.4, -0.2) is 40.8 Å². The van der Waals surface area contributed by atoms with Gasteiger partial charge in [0, 0.05) is 13.0 Å². The van der Waals surface area contributed by atoms with Gasteiger partial charge in [-0.1, -0.05) is 30.7 Å². The van der Waals surface area contributed by atoms with Crippen LogP contribution in [0.4, 0.5) is 0 Å². The van der Waals surface area contributed by atoms with Gasteiger partial charge in [0.25, 0.3) is 5.91 Å². The highest BCUT2D eigenvalue weighted by Gasteiger charge is 2.17. The van der Waals surface area contributed by atoms with E-state index in [1.165, 1.54) is 0 Å². The second-order valence-corrected chi connectivity index (χ2v) is 5.59. The summed E-state index contributed by atoms with van der Waals surface area (Å²) in [6.45, 7) is 3.50. The third kappa shape index (κ3) is 5.19. The average Bonchev–Trinajstić information content (AvgIpc) is 2.96. The number of para-hydroxylation sites is 1. The lowest BCUT2D eigenvalue weighted by molar-refractivity contribution is 0.0943. The van der Waals surface area contributed by atoms with Crippen LogP contribution in [0.1, 0.15) is 36.2 Å². The molecule has 1 amide bonds. The maximum absolute atomic E-state index is 12.2. The van der Waals surface area contributed by atoms with Gasteiger partial charge in [-0.05, 0) is 38.6 Å². The first-order valence-corrected chi connectivity index (χ1v) is 8.18. The molecule has 0 radical (unpaired) electrons. The van der Waals surface area contributed by atoms with E-state index in [1.54, 1.807) is 10.7 Å². The molecule has 0 spiro atoms. The van der Waals surface area contributed by atoms with E-state index in [2.05, 4.69) is 27.6 Å². The Labute approximate surface area is 153 Å². The fraction of sp³-hybridized carbons (Fsp3) is 0.438. The maximum Gasteiger partial charge on any atom is 0.290 e. The van der Waals surface area contributed by atoms with Crippen LogP contribution in [-0.2, 0) is 6.42 Å². The van der Waals surface area contributed by atoms with E-state index >= 15 is 0 Å². The number of carbonyl (C=O) groups excluding carboxylic acids is 1. The van der Waals surface area contributed by atoms with Crippen molar-refractivity contribution in [3.05, 3.63) is 40.9 Å². The first-order valence-electron chi connectivity index (χ1n) is 7.81. The highest BCUT2D eigenvalue weighted by Crippen LogP contribution is 2.21. The molecule has 2 aromatic rings. The van der Waals surface area contributed by atoms with Crippen molar-refractivity contribution >= 4 is 29.9 Å². The van der Waals surface area contributed by atoms with Gasteiger partial charge < -0.3 is 10.6 Å². The van der Waals surface area contributed by atoms with Crippen LogP contribution in [0, 0.1) is 0 Å². The molecule has 0 bridgehead atoms. The SMILES string of the molecule is CCCc1nc(C(=O)NCCCNC)nn1-c1ccccc1Cl.Cl. The number of rotatable bonds is 8. The summed E-state index contributed by atoms with van der Waals surface area (Å²) < 4.78 is 1.66. The molecule has 1 heterocycles. The van der Waals surface area contributed by atoms with Crippen LogP contribution < -0.4 is 10.6 Å². The molecule has 0 aliphatic rings. The van der Waals surface area contributed by atoms with Gasteiger partial charge in [0.2, 0.25) is 5.82 Å². The molecule has 0 saturated heterocycles. The second kappa shape index (κ2) is 10.3. The van der Waals surface area contributed by atoms with Gasteiger partial charge >= 0.3 is 0 Å². The van der Waals surface area contributed by atoms with E-state index in [-0.39, 0.29) is 24.1 Å². The third-order valence-corrected chi connectivity index (χ3v) is 3.64. The van der Waals surface area contributed by atoms with Gasteiger partial charge in [0.05, 0.1) is 10.7 Å². The number of hydrogen-bond donors (Lipinski definition) is 2. The molecule has 0 atom stereocenters. The topological polar surface area (TPSA) is 71.8 Å². The van der Waals surface area contributed by atoms with Crippen molar-refractivity contribution in [2.24, 2.45) is 0 Å². The van der Waals surface area contributed by atoms with Crippen LogP contribution in [0.15, 0.2) is 24.3 Å². The van der Waals surface area contributed by atoms with E-state index in [9.17, 15) is 4.79 Å². The largest absolute Gasteiger partial charge is 0.349 e. The van der Waals surface area contributed by atoms with Gasteiger partial charge in [-0.2, -0.15) is 0 Å². The van der Waals surface area contributed by atoms with E-state index < -0.39 is 0 Å². The molecule has 0 fully saturated rings. The Hall–Kier alpha value is -1.63. The molecule has 132 valence electrons. The summed E-state index contributed by atoms with van der Waals surface area (Å²) in [7, 11) is 1.88. The standard InChI is InChI=1S/C16H22ClN5O.ClH/c1-3-7-14-20-15(16(23)19-11-6-10-18-2)21-22(14)13-9-5-4-8-12(13)17;/h4-5,8-9,18H,3,6-7,10-11H2,1-2H3,(H,19,23);1H. The lowest BCUT2D eigenvalue weighted by atomic mass is 10.3. The first-order chi connectivity index (χ1) is 11.2. The molecule has 8 heteroatoms. The van der Waals surface area contributed by atoms with Crippen molar-refractivity contribution in [1.29, 1.82) is 0 Å². The molecule has 0 saturated carbocycles. The van der Waals surface area contributed by atoms with Gasteiger partial charge in [-0.3, -0.25) is 4.79 Å². The molecule has 2 rings (SSSR count). The van der Waals surface area contributed by atoms with Crippen molar-refractivity contribution in [2.45, 2.75) is 26.2 Å². The van der Waals surface area contributed by atoms with Crippen molar-refractivity contribution in [3.63, 3.8) is 0 Å². The Kier molecular flexibility index (Phi) is 8.74. The van der Waals surface area contributed by atoms with E-state index in [0.29, 0.717) is 11.6 Å². The zero-order valence-electron chi connectivity index (χ0n) is 13.9. The molecule has 2 N–H and O–H groups in total. The van der Waals surface area contributed by atoms with Crippen molar-refractivity contribution in [2.75, 3.05) is 20.1 Å². The summed E-state index contributed by atoms with van der Waals surface area (Å²) in [5.74, 6) is 0.656. The van der Waals surface area contributed by atoms with Crippen molar-refractivity contribution in [3.8, 4) is 5.69 Å². The highest BCUT2D eigenvalue weighted by molar-refractivity contribution is 6.32. The molecule has 0 aliphatic heterocycles. The van der Waals surface area contributed by atoms with Crippen molar-refractivity contribution in [1.82, 2.24) is 25.4 Å². The van der Waals surface area contributed by atoms with E-state index in [0.717, 1.165) is 37.3 Å². The number of nitrogens with zero attached hydrogens (tertiary/aromatic N) is 3. The van der Waals surface area contributed by atoms with Crippen LogP contribution in [0.3, 0.4) is 0 Å². The quantitative estimate of drug-likeness (QED) is 0.699. The summed E-state index contributed by atoms with van der Waals surface area (Å²) in [6.07, 6.45) is 2.49. The van der Waals surface area contributed by atoms with Crippen LogP contribution in [0.2, 0.25) is 5.02 Å². The third-order valence-electron chi connectivity index (χ3n) is 3.32. The lowest BCUT2D eigenvalue weighted by Crippen LogP contribution is -2.27. The minimum absolute atomic E-state index is 0. The number of halogens is 2. The number of hydrogen-bond acceptors (Lipinski definition) is 4. The normalized spacial score (nSPS) is 10.3. The average molecular weight is 372 g/mol. The fourth-order valence-electron chi connectivity index (χ4n) is 2.19. The molecule has 1 aromatic heterocycles. The Morgan fingerprint density at radius 2 is 2.04 bits per heavy atom. The maximum atomic E-state index is 12.2. The first kappa shape index (κ1) is 20.4. The summed E-state index contributed by atoms with van der Waals surface area (Å²) in [6, 6.07) is 7.41. The Morgan fingerprint density at radius 3 is 2.71 bits per heavy atom. The predicted molar refractivity (Wildman–Crippen MR) is 98.5 cm³/mol. The molecule has 1 aromatic carbocycles. The number of aromatic nitrogens is 3. The summed E-state index contributed by atoms with van der Waals surface area (Å²) in [5.41, 5.74) is 0.736. The molecule has 0 unspecified atom stereocenters. The predicted octanol–water partition coefficient (Wildman–Crippen LogP) is 2.63. The molecular formula is C16H23Cl2N5O. The number of benzene rings is 1. The molecule has 6 nitrogen and oxygen atoms in total. The zero-order chi connectivity index (χ0) is 16.7. The molecule has 0 aliphatic carbocycles. The Balaban J connectivity index is 0.00000288. The summed E-state index contributed by atoms with van der Waals surface area (Å²) >= 11 is 6.24. The number of amides is 1. The fourth-order valence-corrected chi connectivity index (χ4v) is 2.40. The molecular weight excluding hydrogens is 349 g/mol. The second-order valence-electron chi connectivity index (χ2n) is 5.18. The van der Waals surface area contributed by atoms with Crippen LogP contribution in [0.25, 0.3) is 5.69 Å². The Bertz CT molecular complexity index is 660. The summed E-state index contributed by atoms with van der Waals surface area (Å²) in [4.78, 5) is 16.6. The van der Waals surface area contributed by atoms with Crippen molar-refractivity contribution < 1.29 is 4.79 Å². The smallest absolute Gasteiger partial charge is 0.290 e. The van der Waals surface area contributed by atoms with Crippen LogP contribution >= 0.6 is 24.0 Å².